The van der Waals surface area contributed by atoms with Crippen LogP contribution in [0, 0.1) is 5.92 Å². The molecule has 0 atom stereocenters. The molecule has 2 heterocycles. The van der Waals surface area contributed by atoms with Gasteiger partial charge in [-0.15, -0.1) is 0 Å². The summed E-state index contributed by atoms with van der Waals surface area (Å²) in [5, 5.41) is 3.06. The maximum Gasteiger partial charge on any atom is 0.433 e. The van der Waals surface area contributed by atoms with Gasteiger partial charge in [-0.3, -0.25) is 4.79 Å². The van der Waals surface area contributed by atoms with Gasteiger partial charge in [-0.2, -0.15) is 13.2 Å². The fraction of sp³-hybridized carbons (Fsp3) is 0.647. The van der Waals surface area contributed by atoms with Gasteiger partial charge in [-0.1, -0.05) is 0 Å². The summed E-state index contributed by atoms with van der Waals surface area (Å²) in [6, 6.07) is 2.86. The molecule has 1 saturated carbocycles. The number of carbonyl (C=O) groups excluding carboxylic acids is 1. The minimum atomic E-state index is -4.40. The number of alkyl halides is 3. The Morgan fingerprint density at radius 2 is 1.92 bits per heavy atom. The summed E-state index contributed by atoms with van der Waals surface area (Å²) in [7, 11) is 0. The highest BCUT2D eigenvalue weighted by Crippen LogP contribution is 2.30. The topological polar surface area (TPSA) is 45.2 Å². The van der Waals surface area contributed by atoms with E-state index in [2.05, 4.69) is 10.3 Å². The van der Waals surface area contributed by atoms with E-state index in [0.717, 1.165) is 44.8 Å². The largest absolute Gasteiger partial charge is 0.433 e. The third-order valence-electron chi connectivity index (χ3n) is 4.96. The number of anilines is 1. The molecule has 24 heavy (non-hydrogen) atoms. The van der Waals surface area contributed by atoms with Crippen molar-refractivity contribution in [3.8, 4) is 0 Å². The first-order valence-corrected chi connectivity index (χ1v) is 8.49. The molecule has 132 valence electrons. The minimum Gasteiger partial charge on any atom is -0.370 e. The van der Waals surface area contributed by atoms with Crippen molar-refractivity contribution in [2.24, 2.45) is 5.92 Å². The summed E-state index contributed by atoms with van der Waals surface area (Å²) in [4.78, 5) is 17.5. The van der Waals surface area contributed by atoms with Crippen LogP contribution in [0.25, 0.3) is 0 Å². The maximum atomic E-state index is 12.5. The van der Waals surface area contributed by atoms with Crippen LogP contribution in [0.1, 0.15) is 44.2 Å². The lowest BCUT2D eigenvalue weighted by atomic mass is 9.90. The summed E-state index contributed by atoms with van der Waals surface area (Å²) in [5.74, 6) is 0.484. The summed E-state index contributed by atoms with van der Waals surface area (Å²) < 4.78 is 37.6. The second-order valence-corrected chi connectivity index (χ2v) is 6.73. The Kier molecular flexibility index (Phi) is 4.96. The first-order chi connectivity index (χ1) is 11.4. The van der Waals surface area contributed by atoms with Crippen molar-refractivity contribution in [3.05, 3.63) is 24.0 Å². The molecular weight excluding hydrogens is 319 g/mol. The van der Waals surface area contributed by atoms with E-state index < -0.39 is 11.9 Å². The molecule has 2 fully saturated rings. The number of piperidine rings is 1. The highest BCUT2D eigenvalue weighted by Gasteiger charge is 2.32. The van der Waals surface area contributed by atoms with Crippen molar-refractivity contribution in [3.63, 3.8) is 0 Å². The maximum absolute atomic E-state index is 12.5. The molecule has 1 N–H and O–H groups in total. The SMILES string of the molecule is O=C(CC1CCN(c2ccc(C(F)(F)F)nc2)CC1)NC1CCC1. The van der Waals surface area contributed by atoms with Crippen LogP contribution in [0.4, 0.5) is 18.9 Å². The lowest BCUT2D eigenvalue weighted by Crippen LogP contribution is -2.41. The molecule has 0 unspecified atom stereocenters. The average Bonchev–Trinajstić information content (AvgIpc) is 2.51. The lowest BCUT2D eigenvalue weighted by molar-refractivity contribution is -0.141. The standard InChI is InChI=1S/C17H22F3N3O/c18-17(19,20)15-5-4-14(11-21-15)23-8-6-12(7-9-23)10-16(24)22-13-2-1-3-13/h4-5,11-13H,1-3,6-10H2,(H,22,24). The van der Waals surface area contributed by atoms with E-state index in [4.69, 9.17) is 0 Å². The molecule has 2 aliphatic rings. The Bertz CT molecular complexity index is 561. The zero-order valence-electron chi connectivity index (χ0n) is 13.5. The Hall–Kier alpha value is -1.79. The molecule has 3 rings (SSSR count). The van der Waals surface area contributed by atoms with E-state index in [9.17, 15) is 18.0 Å². The van der Waals surface area contributed by atoms with Gasteiger partial charge in [0, 0.05) is 25.6 Å². The first-order valence-electron chi connectivity index (χ1n) is 8.49. The average molecular weight is 341 g/mol. The van der Waals surface area contributed by atoms with Gasteiger partial charge in [-0.05, 0) is 50.2 Å². The van der Waals surface area contributed by atoms with E-state index in [1.807, 2.05) is 4.90 Å². The molecule has 1 aromatic heterocycles. The number of nitrogens with zero attached hydrogens (tertiary/aromatic N) is 2. The smallest absolute Gasteiger partial charge is 0.370 e. The van der Waals surface area contributed by atoms with E-state index >= 15 is 0 Å². The summed E-state index contributed by atoms with van der Waals surface area (Å²) in [5.41, 5.74) is -0.158. The van der Waals surface area contributed by atoms with Crippen LogP contribution in [-0.2, 0) is 11.0 Å². The molecule has 0 radical (unpaired) electrons. The molecule has 7 heteroatoms. The quantitative estimate of drug-likeness (QED) is 0.913. The fourth-order valence-electron chi connectivity index (χ4n) is 3.24. The normalized spacial score (nSPS) is 19.9. The number of hydrogen-bond donors (Lipinski definition) is 1. The summed E-state index contributed by atoms with van der Waals surface area (Å²) >= 11 is 0. The predicted octanol–water partition coefficient (Wildman–Crippen LogP) is 3.38. The van der Waals surface area contributed by atoms with E-state index in [0.29, 0.717) is 24.1 Å². The zero-order chi connectivity index (χ0) is 17.2. The van der Waals surface area contributed by atoms with E-state index in [-0.39, 0.29) is 5.91 Å². The van der Waals surface area contributed by atoms with Crippen molar-refractivity contribution in [1.29, 1.82) is 0 Å². The number of nitrogens with one attached hydrogen (secondary N) is 1. The van der Waals surface area contributed by atoms with Gasteiger partial charge in [0.05, 0.1) is 11.9 Å². The number of carbonyl (C=O) groups is 1. The number of pyridine rings is 1. The zero-order valence-corrected chi connectivity index (χ0v) is 13.5. The number of hydrogen-bond acceptors (Lipinski definition) is 3. The van der Waals surface area contributed by atoms with Gasteiger partial charge in [0.2, 0.25) is 5.91 Å². The van der Waals surface area contributed by atoms with Gasteiger partial charge in [0.1, 0.15) is 5.69 Å². The van der Waals surface area contributed by atoms with Crippen molar-refractivity contribution in [2.75, 3.05) is 18.0 Å². The van der Waals surface area contributed by atoms with Crippen LogP contribution in [-0.4, -0.2) is 30.0 Å². The fourth-order valence-corrected chi connectivity index (χ4v) is 3.24. The minimum absolute atomic E-state index is 0.134. The molecule has 4 nitrogen and oxygen atoms in total. The van der Waals surface area contributed by atoms with Crippen LogP contribution in [0.5, 0.6) is 0 Å². The van der Waals surface area contributed by atoms with Crippen molar-refractivity contribution in [1.82, 2.24) is 10.3 Å². The van der Waals surface area contributed by atoms with Gasteiger partial charge in [0.25, 0.3) is 0 Å². The van der Waals surface area contributed by atoms with Gasteiger partial charge >= 0.3 is 6.18 Å². The predicted molar refractivity (Wildman–Crippen MR) is 84.6 cm³/mol. The first kappa shape index (κ1) is 17.0. The highest BCUT2D eigenvalue weighted by atomic mass is 19.4. The van der Waals surface area contributed by atoms with Gasteiger partial charge in [0.15, 0.2) is 0 Å². The van der Waals surface area contributed by atoms with Crippen LogP contribution in [0.3, 0.4) is 0 Å². The van der Waals surface area contributed by atoms with Gasteiger partial charge < -0.3 is 10.2 Å². The second kappa shape index (κ2) is 6.99. The van der Waals surface area contributed by atoms with E-state index in [1.54, 1.807) is 0 Å². The van der Waals surface area contributed by atoms with Crippen molar-refractivity contribution < 1.29 is 18.0 Å². The molecule has 1 aromatic rings. The third-order valence-corrected chi connectivity index (χ3v) is 4.96. The molecule has 0 aromatic carbocycles. The van der Waals surface area contributed by atoms with Crippen LogP contribution >= 0.6 is 0 Å². The Labute approximate surface area is 139 Å². The second-order valence-electron chi connectivity index (χ2n) is 6.73. The Balaban J connectivity index is 1.47. The highest BCUT2D eigenvalue weighted by molar-refractivity contribution is 5.76. The van der Waals surface area contributed by atoms with E-state index in [1.165, 1.54) is 18.7 Å². The van der Waals surface area contributed by atoms with Crippen LogP contribution in [0.2, 0.25) is 0 Å². The molecule has 1 saturated heterocycles. The monoisotopic (exact) mass is 341 g/mol. The number of amides is 1. The van der Waals surface area contributed by atoms with Crippen LogP contribution < -0.4 is 10.2 Å². The molecule has 1 aliphatic heterocycles. The number of aromatic nitrogens is 1. The van der Waals surface area contributed by atoms with Crippen molar-refractivity contribution in [2.45, 2.75) is 50.7 Å². The summed E-state index contributed by atoms with van der Waals surface area (Å²) in [6.45, 7) is 1.49. The Morgan fingerprint density at radius 3 is 2.42 bits per heavy atom. The third kappa shape index (κ3) is 4.19. The number of halogens is 3. The summed E-state index contributed by atoms with van der Waals surface area (Å²) in [6.07, 6.45) is 2.56. The van der Waals surface area contributed by atoms with Crippen molar-refractivity contribution >= 4 is 11.6 Å². The lowest BCUT2D eigenvalue weighted by Gasteiger charge is -2.34. The molecule has 0 bridgehead atoms. The molecule has 0 spiro atoms. The number of rotatable bonds is 4. The molecular formula is C17H22F3N3O. The van der Waals surface area contributed by atoms with Gasteiger partial charge in [-0.25, -0.2) is 4.98 Å². The Morgan fingerprint density at radius 1 is 1.21 bits per heavy atom. The molecule has 1 aliphatic carbocycles. The molecule has 1 amide bonds. The van der Waals surface area contributed by atoms with Crippen LogP contribution in [0.15, 0.2) is 18.3 Å².